The summed E-state index contributed by atoms with van der Waals surface area (Å²) < 4.78 is 1.31. The van der Waals surface area contributed by atoms with E-state index in [4.69, 9.17) is 23.2 Å². The van der Waals surface area contributed by atoms with Gasteiger partial charge in [0, 0.05) is 30.9 Å². The topological polar surface area (TPSA) is 102 Å². The molecule has 128 valence electrons. The predicted molar refractivity (Wildman–Crippen MR) is 91.1 cm³/mol. The normalized spacial score (nSPS) is 12.0. The lowest BCUT2D eigenvalue weighted by Gasteiger charge is -2.10. The van der Waals surface area contributed by atoms with Gasteiger partial charge in [0.05, 0.1) is 15.0 Å². The Morgan fingerprint density at radius 3 is 2.58 bits per heavy atom. The number of nitrogens with one attached hydrogen (secondary N) is 2. The van der Waals surface area contributed by atoms with Crippen molar-refractivity contribution in [1.29, 1.82) is 0 Å². The Morgan fingerprint density at radius 2 is 2.04 bits per heavy atom. The van der Waals surface area contributed by atoms with Crippen LogP contribution in [0.4, 0.5) is 5.69 Å². The van der Waals surface area contributed by atoms with Crippen LogP contribution in [-0.4, -0.2) is 40.2 Å². The van der Waals surface area contributed by atoms with Crippen molar-refractivity contribution < 1.29 is 9.72 Å². The number of rotatable bonds is 6. The Bertz CT molecular complexity index is 755. The maximum atomic E-state index is 12.1. The number of benzene rings is 1. The van der Waals surface area contributed by atoms with E-state index in [9.17, 15) is 14.9 Å². The van der Waals surface area contributed by atoms with Crippen molar-refractivity contribution in [3.05, 3.63) is 50.2 Å². The molecule has 24 heavy (non-hydrogen) atoms. The SMILES string of the molecule is CNC(C)CNC(=O)c1ccn(-c2c(Cl)cc([N+](=O)[O-])cc2Cl)n1. The lowest BCUT2D eigenvalue weighted by atomic mass is 10.3. The smallest absolute Gasteiger partial charge is 0.272 e. The van der Waals surface area contributed by atoms with Crippen LogP contribution in [0.25, 0.3) is 5.69 Å². The molecule has 1 aromatic heterocycles. The molecule has 1 atom stereocenters. The zero-order chi connectivity index (χ0) is 17.9. The highest BCUT2D eigenvalue weighted by Crippen LogP contribution is 2.32. The van der Waals surface area contributed by atoms with Gasteiger partial charge in [-0.25, -0.2) is 4.68 Å². The van der Waals surface area contributed by atoms with E-state index >= 15 is 0 Å². The number of aromatic nitrogens is 2. The Hall–Kier alpha value is -2.16. The molecule has 0 aliphatic rings. The van der Waals surface area contributed by atoms with Crippen LogP contribution in [0.2, 0.25) is 10.0 Å². The molecule has 0 fully saturated rings. The molecule has 0 saturated heterocycles. The summed E-state index contributed by atoms with van der Waals surface area (Å²) in [6.45, 7) is 2.37. The van der Waals surface area contributed by atoms with Crippen LogP contribution in [0.1, 0.15) is 17.4 Å². The van der Waals surface area contributed by atoms with Gasteiger partial charge >= 0.3 is 0 Å². The van der Waals surface area contributed by atoms with E-state index in [1.165, 1.54) is 29.1 Å². The second-order valence-electron chi connectivity index (χ2n) is 5.06. The number of hydrogen-bond donors (Lipinski definition) is 2. The number of carbonyl (C=O) groups excluding carboxylic acids is 1. The molecule has 10 heteroatoms. The third-order valence-corrected chi connectivity index (χ3v) is 3.90. The summed E-state index contributed by atoms with van der Waals surface area (Å²) in [7, 11) is 1.80. The molecule has 0 aliphatic heterocycles. The van der Waals surface area contributed by atoms with Crippen LogP contribution in [0.3, 0.4) is 0 Å². The van der Waals surface area contributed by atoms with E-state index in [2.05, 4.69) is 15.7 Å². The largest absolute Gasteiger partial charge is 0.349 e. The van der Waals surface area contributed by atoms with Crippen molar-refractivity contribution in [3.63, 3.8) is 0 Å². The predicted octanol–water partition coefficient (Wildman–Crippen LogP) is 2.43. The van der Waals surface area contributed by atoms with Crippen LogP contribution in [0, 0.1) is 10.1 Å². The van der Waals surface area contributed by atoms with Crippen LogP contribution in [-0.2, 0) is 0 Å². The van der Waals surface area contributed by atoms with Crippen molar-refractivity contribution in [1.82, 2.24) is 20.4 Å². The lowest BCUT2D eigenvalue weighted by Crippen LogP contribution is -2.37. The number of carbonyl (C=O) groups is 1. The molecular formula is C14H15Cl2N5O3. The van der Waals surface area contributed by atoms with Gasteiger partial charge in [-0.3, -0.25) is 14.9 Å². The highest BCUT2D eigenvalue weighted by Gasteiger charge is 2.18. The number of nitrogens with zero attached hydrogens (tertiary/aromatic N) is 3. The van der Waals surface area contributed by atoms with Crippen molar-refractivity contribution in [3.8, 4) is 5.69 Å². The second-order valence-corrected chi connectivity index (χ2v) is 5.87. The monoisotopic (exact) mass is 371 g/mol. The highest BCUT2D eigenvalue weighted by atomic mass is 35.5. The summed E-state index contributed by atoms with van der Waals surface area (Å²) in [5.41, 5.74) is 0.232. The molecule has 8 nitrogen and oxygen atoms in total. The lowest BCUT2D eigenvalue weighted by molar-refractivity contribution is -0.384. The Kier molecular flexibility index (Phi) is 5.76. The van der Waals surface area contributed by atoms with Gasteiger partial charge in [-0.15, -0.1) is 0 Å². The maximum absolute atomic E-state index is 12.1. The number of nitro benzene ring substituents is 1. The van der Waals surface area contributed by atoms with Crippen molar-refractivity contribution in [2.75, 3.05) is 13.6 Å². The average Bonchev–Trinajstić information content (AvgIpc) is 3.01. The number of hydrogen-bond acceptors (Lipinski definition) is 5. The number of amides is 1. The van der Waals surface area contributed by atoms with Crippen LogP contribution >= 0.6 is 23.2 Å². The van der Waals surface area contributed by atoms with Gasteiger partial charge in [0.15, 0.2) is 5.69 Å². The van der Waals surface area contributed by atoms with E-state index in [1.807, 2.05) is 6.92 Å². The molecule has 1 heterocycles. The first kappa shape index (κ1) is 18.2. The van der Waals surface area contributed by atoms with E-state index in [0.29, 0.717) is 6.54 Å². The van der Waals surface area contributed by atoms with Gasteiger partial charge in [-0.2, -0.15) is 5.10 Å². The molecule has 0 saturated carbocycles. The fourth-order valence-corrected chi connectivity index (χ4v) is 2.53. The summed E-state index contributed by atoms with van der Waals surface area (Å²) in [5, 5.41) is 20.8. The van der Waals surface area contributed by atoms with E-state index in [0.717, 1.165) is 0 Å². The van der Waals surface area contributed by atoms with Crippen molar-refractivity contribution in [2.24, 2.45) is 0 Å². The minimum atomic E-state index is -0.591. The summed E-state index contributed by atoms with van der Waals surface area (Å²) in [6.07, 6.45) is 1.51. The minimum Gasteiger partial charge on any atom is -0.349 e. The summed E-state index contributed by atoms with van der Waals surface area (Å²) >= 11 is 12.1. The molecule has 1 amide bonds. The summed E-state index contributed by atoms with van der Waals surface area (Å²) in [6, 6.07) is 3.99. The molecule has 2 aromatic rings. The van der Waals surface area contributed by atoms with Gasteiger partial charge in [0.25, 0.3) is 11.6 Å². The van der Waals surface area contributed by atoms with E-state index < -0.39 is 4.92 Å². The molecule has 1 aromatic carbocycles. The second kappa shape index (κ2) is 7.61. The third kappa shape index (κ3) is 4.02. The molecule has 1 unspecified atom stereocenters. The maximum Gasteiger partial charge on any atom is 0.272 e. The number of non-ortho nitro benzene ring substituents is 1. The van der Waals surface area contributed by atoms with Gasteiger partial charge in [0.2, 0.25) is 0 Å². The first-order chi connectivity index (χ1) is 11.3. The Labute approximate surface area is 147 Å². The van der Waals surface area contributed by atoms with Gasteiger partial charge in [-0.05, 0) is 20.0 Å². The standard InChI is InChI=1S/C14H15Cl2N5O3/c1-8(17-2)7-18-14(22)12-3-4-20(19-12)13-10(15)5-9(21(23)24)6-11(13)16/h3-6,8,17H,7H2,1-2H3,(H,18,22). The van der Waals surface area contributed by atoms with Crippen molar-refractivity contribution >= 4 is 34.8 Å². The zero-order valence-electron chi connectivity index (χ0n) is 12.9. The third-order valence-electron chi connectivity index (χ3n) is 3.32. The minimum absolute atomic E-state index is 0.0630. The van der Waals surface area contributed by atoms with Crippen LogP contribution < -0.4 is 10.6 Å². The Morgan fingerprint density at radius 1 is 1.42 bits per heavy atom. The number of likely N-dealkylation sites (N-methyl/N-ethyl adjacent to an activating group) is 1. The quantitative estimate of drug-likeness (QED) is 0.599. The fraction of sp³-hybridized carbons (Fsp3) is 0.286. The zero-order valence-corrected chi connectivity index (χ0v) is 14.4. The number of nitro groups is 1. The van der Waals surface area contributed by atoms with E-state index in [1.54, 1.807) is 7.05 Å². The van der Waals surface area contributed by atoms with Crippen molar-refractivity contribution in [2.45, 2.75) is 13.0 Å². The molecular weight excluding hydrogens is 357 g/mol. The summed E-state index contributed by atoms with van der Waals surface area (Å²) in [4.78, 5) is 22.3. The molecule has 0 bridgehead atoms. The first-order valence-electron chi connectivity index (χ1n) is 6.98. The Balaban J connectivity index is 2.25. The van der Waals surface area contributed by atoms with Crippen LogP contribution in [0.5, 0.6) is 0 Å². The van der Waals surface area contributed by atoms with Gasteiger partial charge < -0.3 is 10.6 Å². The molecule has 2 rings (SSSR count). The van der Waals surface area contributed by atoms with Gasteiger partial charge in [-0.1, -0.05) is 23.2 Å². The van der Waals surface area contributed by atoms with E-state index in [-0.39, 0.29) is 39.1 Å². The molecule has 0 spiro atoms. The van der Waals surface area contributed by atoms with Crippen LogP contribution in [0.15, 0.2) is 24.4 Å². The van der Waals surface area contributed by atoms with Gasteiger partial charge in [0.1, 0.15) is 5.69 Å². The number of halogens is 2. The summed E-state index contributed by atoms with van der Waals surface area (Å²) in [5.74, 6) is -0.343. The molecule has 2 N–H and O–H groups in total. The fourth-order valence-electron chi connectivity index (χ4n) is 1.88. The molecule has 0 radical (unpaired) electrons. The highest BCUT2D eigenvalue weighted by molar-refractivity contribution is 6.38. The average molecular weight is 372 g/mol. The first-order valence-corrected chi connectivity index (χ1v) is 7.74. The molecule has 0 aliphatic carbocycles.